The molecule has 18 heavy (non-hydrogen) atoms. The van der Waals surface area contributed by atoms with E-state index in [4.69, 9.17) is 10.8 Å². The van der Waals surface area contributed by atoms with Gasteiger partial charge in [0.05, 0.1) is 12.6 Å². The van der Waals surface area contributed by atoms with Gasteiger partial charge >= 0.3 is 5.97 Å². The Labute approximate surface area is 106 Å². The summed E-state index contributed by atoms with van der Waals surface area (Å²) in [6, 6.07) is -0.913. The summed E-state index contributed by atoms with van der Waals surface area (Å²) in [5, 5.41) is 13.5. The first kappa shape index (κ1) is 16.4. The molecule has 0 aromatic carbocycles. The SMILES string of the molecule is CC(C)(C)NC(=O)CNC(=O)C(N)CCC(=O)O. The van der Waals surface area contributed by atoms with E-state index in [0.717, 1.165) is 0 Å². The molecule has 1 unspecified atom stereocenters. The maximum atomic E-state index is 11.4. The van der Waals surface area contributed by atoms with Crippen LogP contribution in [0.1, 0.15) is 33.6 Å². The van der Waals surface area contributed by atoms with Crippen LogP contribution < -0.4 is 16.4 Å². The van der Waals surface area contributed by atoms with Gasteiger partial charge in [-0.3, -0.25) is 14.4 Å². The molecule has 7 nitrogen and oxygen atoms in total. The first-order valence-electron chi connectivity index (χ1n) is 5.68. The molecule has 0 aliphatic heterocycles. The number of carboxylic acid groups (broad SMARTS) is 1. The van der Waals surface area contributed by atoms with Crippen molar-refractivity contribution in [3.8, 4) is 0 Å². The van der Waals surface area contributed by atoms with Crippen LogP contribution in [0.3, 0.4) is 0 Å². The Morgan fingerprint density at radius 3 is 2.28 bits per heavy atom. The Morgan fingerprint density at radius 2 is 1.83 bits per heavy atom. The van der Waals surface area contributed by atoms with Crippen LogP contribution >= 0.6 is 0 Å². The minimum absolute atomic E-state index is 0.0437. The Morgan fingerprint density at radius 1 is 1.28 bits per heavy atom. The molecule has 0 fully saturated rings. The van der Waals surface area contributed by atoms with E-state index in [2.05, 4.69) is 10.6 Å². The van der Waals surface area contributed by atoms with Gasteiger partial charge < -0.3 is 21.5 Å². The highest BCUT2D eigenvalue weighted by atomic mass is 16.4. The van der Waals surface area contributed by atoms with Gasteiger partial charge in [0.15, 0.2) is 0 Å². The Balaban J connectivity index is 3.95. The molecule has 0 saturated carbocycles. The fourth-order valence-electron chi connectivity index (χ4n) is 1.17. The van der Waals surface area contributed by atoms with Crippen molar-refractivity contribution in [2.45, 2.75) is 45.2 Å². The van der Waals surface area contributed by atoms with E-state index in [9.17, 15) is 14.4 Å². The number of rotatable bonds is 6. The van der Waals surface area contributed by atoms with Crippen LogP contribution in [-0.4, -0.2) is 41.0 Å². The first-order valence-corrected chi connectivity index (χ1v) is 5.68. The van der Waals surface area contributed by atoms with E-state index in [-0.39, 0.29) is 30.8 Å². The van der Waals surface area contributed by atoms with Crippen molar-refractivity contribution in [3.05, 3.63) is 0 Å². The van der Waals surface area contributed by atoms with E-state index in [1.165, 1.54) is 0 Å². The number of aliphatic carboxylic acids is 1. The maximum absolute atomic E-state index is 11.4. The molecule has 0 heterocycles. The molecule has 0 aliphatic rings. The zero-order chi connectivity index (χ0) is 14.3. The van der Waals surface area contributed by atoms with Crippen LogP contribution in [0, 0.1) is 0 Å². The summed E-state index contributed by atoms with van der Waals surface area (Å²) >= 11 is 0. The van der Waals surface area contributed by atoms with Crippen molar-refractivity contribution >= 4 is 17.8 Å². The molecule has 0 saturated heterocycles. The minimum Gasteiger partial charge on any atom is -0.481 e. The summed E-state index contributed by atoms with van der Waals surface area (Å²) in [4.78, 5) is 33.1. The fourth-order valence-corrected chi connectivity index (χ4v) is 1.17. The van der Waals surface area contributed by atoms with Crippen LogP contribution in [0.5, 0.6) is 0 Å². The van der Waals surface area contributed by atoms with Gasteiger partial charge in [-0.05, 0) is 27.2 Å². The summed E-state index contributed by atoms with van der Waals surface area (Å²) in [6.45, 7) is 5.30. The topological polar surface area (TPSA) is 122 Å². The first-order chi connectivity index (χ1) is 8.11. The third kappa shape index (κ3) is 8.51. The molecule has 1 atom stereocenters. The van der Waals surface area contributed by atoms with Crippen LogP contribution in [0.15, 0.2) is 0 Å². The summed E-state index contributed by atoms with van der Waals surface area (Å²) in [5.74, 6) is -1.86. The molecule has 0 aliphatic carbocycles. The molecule has 0 radical (unpaired) electrons. The van der Waals surface area contributed by atoms with Gasteiger partial charge in [-0.15, -0.1) is 0 Å². The molecule has 0 bridgehead atoms. The van der Waals surface area contributed by atoms with Gasteiger partial charge in [0, 0.05) is 12.0 Å². The second kappa shape index (κ2) is 6.95. The quantitative estimate of drug-likeness (QED) is 0.498. The number of hydrogen-bond donors (Lipinski definition) is 4. The second-order valence-electron chi connectivity index (χ2n) is 5.05. The Kier molecular flexibility index (Phi) is 6.32. The van der Waals surface area contributed by atoms with Crippen molar-refractivity contribution in [2.24, 2.45) is 5.73 Å². The molecule has 7 heteroatoms. The third-order valence-electron chi connectivity index (χ3n) is 1.94. The number of carboxylic acids is 1. The molecule has 0 spiro atoms. The summed E-state index contributed by atoms with van der Waals surface area (Å²) in [5.41, 5.74) is 5.10. The standard InChI is InChI=1S/C11H21N3O4/c1-11(2,3)14-8(15)6-13-10(18)7(12)4-5-9(16)17/h7H,4-6,12H2,1-3H3,(H,13,18)(H,14,15)(H,16,17). The predicted octanol–water partition coefficient (Wildman–Crippen LogP) is -0.791. The monoisotopic (exact) mass is 259 g/mol. The van der Waals surface area contributed by atoms with Gasteiger partial charge in [0.25, 0.3) is 0 Å². The highest BCUT2D eigenvalue weighted by molar-refractivity contribution is 5.87. The minimum atomic E-state index is -1.01. The lowest BCUT2D eigenvalue weighted by atomic mass is 10.1. The molecular formula is C11H21N3O4. The highest BCUT2D eigenvalue weighted by Gasteiger charge is 2.17. The normalized spacial score (nSPS) is 12.7. The van der Waals surface area contributed by atoms with Gasteiger partial charge in [-0.2, -0.15) is 0 Å². The Bertz CT molecular complexity index is 323. The lowest BCUT2D eigenvalue weighted by Crippen LogP contribution is -2.48. The third-order valence-corrected chi connectivity index (χ3v) is 1.94. The van der Waals surface area contributed by atoms with Gasteiger partial charge in [0.2, 0.25) is 11.8 Å². The zero-order valence-corrected chi connectivity index (χ0v) is 10.9. The van der Waals surface area contributed by atoms with Crippen molar-refractivity contribution in [2.75, 3.05) is 6.54 Å². The number of nitrogens with one attached hydrogen (secondary N) is 2. The number of nitrogens with two attached hydrogens (primary N) is 1. The van der Waals surface area contributed by atoms with E-state index in [1.807, 2.05) is 20.8 Å². The highest BCUT2D eigenvalue weighted by Crippen LogP contribution is 1.97. The van der Waals surface area contributed by atoms with Crippen molar-refractivity contribution in [1.29, 1.82) is 0 Å². The van der Waals surface area contributed by atoms with Crippen LogP contribution in [0.25, 0.3) is 0 Å². The summed E-state index contributed by atoms with van der Waals surface area (Å²) < 4.78 is 0. The second-order valence-corrected chi connectivity index (χ2v) is 5.05. The van der Waals surface area contributed by atoms with Crippen LogP contribution in [0.4, 0.5) is 0 Å². The lowest BCUT2D eigenvalue weighted by molar-refractivity contribution is -0.137. The summed E-state index contributed by atoms with van der Waals surface area (Å²) in [7, 11) is 0. The van der Waals surface area contributed by atoms with Gasteiger partial charge in [-0.25, -0.2) is 0 Å². The molecule has 0 aromatic heterocycles. The Hall–Kier alpha value is -1.63. The molecule has 2 amide bonds. The van der Waals surface area contributed by atoms with E-state index in [1.54, 1.807) is 0 Å². The molecule has 0 rings (SSSR count). The average Bonchev–Trinajstić information content (AvgIpc) is 2.19. The largest absolute Gasteiger partial charge is 0.481 e. The lowest BCUT2D eigenvalue weighted by Gasteiger charge is -2.20. The number of hydrogen-bond acceptors (Lipinski definition) is 4. The fraction of sp³-hybridized carbons (Fsp3) is 0.727. The van der Waals surface area contributed by atoms with Crippen molar-refractivity contribution in [1.82, 2.24) is 10.6 Å². The molecule has 0 aromatic rings. The van der Waals surface area contributed by atoms with Crippen molar-refractivity contribution < 1.29 is 19.5 Å². The van der Waals surface area contributed by atoms with E-state index < -0.39 is 17.9 Å². The molecule has 5 N–H and O–H groups in total. The van der Waals surface area contributed by atoms with Crippen molar-refractivity contribution in [3.63, 3.8) is 0 Å². The van der Waals surface area contributed by atoms with E-state index in [0.29, 0.717) is 0 Å². The average molecular weight is 259 g/mol. The number of carbonyl (C=O) groups is 3. The maximum Gasteiger partial charge on any atom is 0.303 e. The van der Waals surface area contributed by atoms with Crippen LogP contribution in [0.2, 0.25) is 0 Å². The molecule has 104 valence electrons. The van der Waals surface area contributed by atoms with Crippen LogP contribution in [-0.2, 0) is 14.4 Å². The predicted molar refractivity (Wildman–Crippen MR) is 65.8 cm³/mol. The zero-order valence-electron chi connectivity index (χ0n) is 10.9. The number of amides is 2. The van der Waals surface area contributed by atoms with E-state index >= 15 is 0 Å². The number of carbonyl (C=O) groups excluding carboxylic acids is 2. The summed E-state index contributed by atoms with van der Waals surface area (Å²) in [6.07, 6.45) is -0.134. The van der Waals surface area contributed by atoms with Gasteiger partial charge in [-0.1, -0.05) is 0 Å². The molecular weight excluding hydrogens is 238 g/mol. The smallest absolute Gasteiger partial charge is 0.303 e. The van der Waals surface area contributed by atoms with Gasteiger partial charge in [0.1, 0.15) is 0 Å².